The highest BCUT2D eigenvalue weighted by atomic mass is 32.2. The molecule has 0 saturated heterocycles. The zero-order valence-corrected chi connectivity index (χ0v) is 21.6. The van der Waals surface area contributed by atoms with Crippen LogP contribution in [0, 0.1) is 12.8 Å². The van der Waals surface area contributed by atoms with Crippen molar-refractivity contribution in [3.8, 4) is 5.75 Å². The Bertz CT molecular complexity index is 1080. The van der Waals surface area contributed by atoms with Gasteiger partial charge in [0.05, 0.1) is 18.6 Å². The number of sulfonamides is 1. The number of nitrogens with one attached hydrogen (secondary N) is 1. The molecule has 0 heterocycles. The van der Waals surface area contributed by atoms with E-state index in [1.807, 2.05) is 26.8 Å². The first kappa shape index (κ1) is 27.3. The molecule has 34 heavy (non-hydrogen) atoms. The molecular weight excluding hydrogens is 454 g/mol. The van der Waals surface area contributed by atoms with Crippen LogP contribution < -0.4 is 10.1 Å². The van der Waals surface area contributed by atoms with Gasteiger partial charge in [0.25, 0.3) is 0 Å². The molecule has 0 aliphatic heterocycles. The average molecular weight is 490 g/mol. The number of likely N-dealkylation sites (N-methyl/N-ethyl adjacent to an activating group) is 1. The number of carbonyl (C=O) groups is 2. The molecule has 0 fully saturated rings. The number of rotatable bonds is 11. The Balaban J connectivity index is 2.27. The summed E-state index contributed by atoms with van der Waals surface area (Å²) in [4.78, 5) is 27.6. The van der Waals surface area contributed by atoms with Crippen LogP contribution in [0.4, 0.5) is 0 Å². The molecule has 0 bridgehead atoms. The van der Waals surface area contributed by atoms with Crippen molar-refractivity contribution in [2.75, 3.05) is 27.2 Å². The molecule has 0 saturated carbocycles. The normalized spacial score (nSPS) is 12.5. The third-order valence-corrected chi connectivity index (χ3v) is 7.24. The second kappa shape index (κ2) is 12.0. The molecule has 2 aromatic carbocycles. The van der Waals surface area contributed by atoms with E-state index in [4.69, 9.17) is 4.74 Å². The molecule has 186 valence electrons. The van der Waals surface area contributed by atoms with Crippen LogP contribution in [0.5, 0.6) is 5.75 Å². The van der Waals surface area contributed by atoms with Crippen LogP contribution in [0.25, 0.3) is 0 Å². The maximum Gasteiger partial charge on any atom is 0.243 e. The molecule has 0 spiro atoms. The summed E-state index contributed by atoms with van der Waals surface area (Å²) in [5, 5.41) is 2.85. The smallest absolute Gasteiger partial charge is 0.243 e. The number of hydrogen-bond acceptors (Lipinski definition) is 5. The Morgan fingerprint density at radius 2 is 1.71 bits per heavy atom. The minimum atomic E-state index is -3.87. The molecule has 2 amide bonds. The average Bonchev–Trinajstić information content (AvgIpc) is 2.80. The van der Waals surface area contributed by atoms with Gasteiger partial charge < -0.3 is 15.0 Å². The van der Waals surface area contributed by atoms with Crippen LogP contribution in [0.3, 0.4) is 0 Å². The van der Waals surface area contributed by atoms with Crippen molar-refractivity contribution in [3.05, 3.63) is 59.7 Å². The zero-order chi connectivity index (χ0) is 25.5. The standard InChI is InChI=1S/C25H35N3O5S/c1-18(2)15-26-25(30)20(4)28(16-21-8-7-9-22(14-21)33-6)24(29)17-27(5)34(31,32)23-12-10-19(3)11-13-23/h7-14,18,20H,15-17H2,1-6H3,(H,26,30)/t20-/m0/s1. The third kappa shape index (κ3) is 7.30. The highest BCUT2D eigenvalue weighted by Gasteiger charge is 2.30. The molecule has 2 aromatic rings. The van der Waals surface area contributed by atoms with Crippen LogP contribution in [0.15, 0.2) is 53.4 Å². The van der Waals surface area contributed by atoms with Gasteiger partial charge in [0.1, 0.15) is 11.8 Å². The molecule has 1 atom stereocenters. The van der Waals surface area contributed by atoms with Crippen LogP contribution in [-0.2, 0) is 26.2 Å². The maximum absolute atomic E-state index is 13.3. The Morgan fingerprint density at radius 1 is 1.06 bits per heavy atom. The van der Waals surface area contributed by atoms with E-state index in [1.54, 1.807) is 44.4 Å². The van der Waals surface area contributed by atoms with E-state index in [9.17, 15) is 18.0 Å². The van der Waals surface area contributed by atoms with Crippen LogP contribution in [-0.4, -0.2) is 62.7 Å². The Kier molecular flexibility index (Phi) is 9.64. The van der Waals surface area contributed by atoms with Gasteiger partial charge in [-0.05, 0) is 49.6 Å². The highest BCUT2D eigenvalue weighted by molar-refractivity contribution is 7.89. The summed E-state index contributed by atoms with van der Waals surface area (Å²) in [6, 6.07) is 12.8. The van der Waals surface area contributed by atoms with Gasteiger partial charge in [-0.15, -0.1) is 0 Å². The fourth-order valence-electron chi connectivity index (χ4n) is 3.26. The van der Waals surface area contributed by atoms with E-state index in [1.165, 1.54) is 24.1 Å². The largest absolute Gasteiger partial charge is 0.497 e. The summed E-state index contributed by atoms with van der Waals surface area (Å²) in [7, 11) is -0.958. The molecule has 0 aliphatic rings. The van der Waals surface area contributed by atoms with Gasteiger partial charge in [0.2, 0.25) is 21.8 Å². The monoisotopic (exact) mass is 489 g/mol. The minimum Gasteiger partial charge on any atom is -0.497 e. The lowest BCUT2D eigenvalue weighted by Gasteiger charge is -2.30. The first-order chi connectivity index (χ1) is 15.9. The number of benzene rings is 2. The van der Waals surface area contributed by atoms with Crippen LogP contribution >= 0.6 is 0 Å². The minimum absolute atomic E-state index is 0.107. The van der Waals surface area contributed by atoms with E-state index >= 15 is 0 Å². The molecule has 0 radical (unpaired) electrons. The van der Waals surface area contributed by atoms with Crippen molar-refractivity contribution in [2.45, 2.75) is 45.2 Å². The second-order valence-corrected chi connectivity index (χ2v) is 10.8. The molecule has 0 aromatic heterocycles. The number of ether oxygens (including phenoxy) is 1. The first-order valence-corrected chi connectivity index (χ1v) is 12.6. The summed E-state index contributed by atoms with van der Waals surface area (Å²) in [6.07, 6.45) is 0. The van der Waals surface area contributed by atoms with Crippen molar-refractivity contribution in [1.82, 2.24) is 14.5 Å². The zero-order valence-electron chi connectivity index (χ0n) is 20.7. The summed E-state index contributed by atoms with van der Waals surface area (Å²) >= 11 is 0. The molecule has 0 unspecified atom stereocenters. The lowest BCUT2D eigenvalue weighted by atomic mass is 10.1. The third-order valence-electron chi connectivity index (χ3n) is 5.43. The fourth-order valence-corrected chi connectivity index (χ4v) is 4.38. The first-order valence-electron chi connectivity index (χ1n) is 11.2. The summed E-state index contributed by atoms with van der Waals surface area (Å²) in [5.41, 5.74) is 1.70. The quantitative estimate of drug-likeness (QED) is 0.524. The predicted molar refractivity (Wildman–Crippen MR) is 132 cm³/mol. The van der Waals surface area contributed by atoms with E-state index in [0.29, 0.717) is 12.3 Å². The molecule has 0 aliphatic carbocycles. The second-order valence-electron chi connectivity index (χ2n) is 8.76. The SMILES string of the molecule is COc1cccc(CN(C(=O)CN(C)S(=O)(=O)c2ccc(C)cc2)[C@@H](C)C(=O)NCC(C)C)c1. The Labute approximate surface area is 202 Å². The van der Waals surface area contributed by atoms with Crippen LogP contribution in [0.2, 0.25) is 0 Å². The van der Waals surface area contributed by atoms with Gasteiger partial charge in [-0.25, -0.2) is 8.42 Å². The maximum atomic E-state index is 13.3. The molecule has 1 N–H and O–H groups in total. The van der Waals surface area contributed by atoms with Gasteiger partial charge in [0, 0.05) is 20.1 Å². The number of aryl methyl sites for hydroxylation is 1. The van der Waals surface area contributed by atoms with Crippen molar-refractivity contribution in [3.63, 3.8) is 0 Å². The van der Waals surface area contributed by atoms with Crippen molar-refractivity contribution in [2.24, 2.45) is 5.92 Å². The molecule has 9 heteroatoms. The van der Waals surface area contributed by atoms with Crippen molar-refractivity contribution >= 4 is 21.8 Å². The predicted octanol–water partition coefficient (Wildman–Crippen LogP) is 2.81. The van der Waals surface area contributed by atoms with E-state index < -0.39 is 28.5 Å². The van der Waals surface area contributed by atoms with E-state index in [2.05, 4.69) is 5.32 Å². The number of nitrogens with zero attached hydrogens (tertiary/aromatic N) is 2. The van der Waals surface area contributed by atoms with Gasteiger partial charge in [0.15, 0.2) is 0 Å². The Hall–Kier alpha value is -2.91. The van der Waals surface area contributed by atoms with Gasteiger partial charge in [-0.3, -0.25) is 9.59 Å². The Morgan fingerprint density at radius 3 is 2.29 bits per heavy atom. The van der Waals surface area contributed by atoms with E-state index in [0.717, 1.165) is 15.4 Å². The fraction of sp³-hybridized carbons (Fsp3) is 0.440. The number of amides is 2. The van der Waals surface area contributed by atoms with Gasteiger partial charge >= 0.3 is 0 Å². The number of carbonyl (C=O) groups excluding carboxylic acids is 2. The van der Waals surface area contributed by atoms with Crippen LogP contribution in [0.1, 0.15) is 31.9 Å². The number of hydrogen-bond donors (Lipinski definition) is 1. The number of methoxy groups -OCH3 is 1. The van der Waals surface area contributed by atoms with Crippen molar-refractivity contribution in [1.29, 1.82) is 0 Å². The summed E-state index contributed by atoms with van der Waals surface area (Å²) < 4.78 is 32.2. The van der Waals surface area contributed by atoms with Gasteiger partial charge in [-0.1, -0.05) is 43.7 Å². The molecular formula is C25H35N3O5S. The topological polar surface area (TPSA) is 96.0 Å². The lowest BCUT2D eigenvalue weighted by Crippen LogP contribution is -2.51. The summed E-state index contributed by atoms with van der Waals surface area (Å²) in [6.45, 7) is 7.68. The van der Waals surface area contributed by atoms with E-state index in [-0.39, 0.29) is 23.3 Å². The van der Waals surface area contributed by atoms with Gasteiger partial charge in [-0.2, -0.15) is 4.31 Å². The lowest BCUT2D eigenvalue weighted by molar-refractivity contribution is -0.140. The molecule has 8 nitrogen and oxygen atoms in total. The summed E-state index contributed by atoms with van der Waals surface area (Å²) in [5.74, 6) is 0.104. The van der Waals surface area contributed by atoms with Crippen molar-refractivity contribution < 1.29 is 22.7 Å². The highest BCUT2D eigenvalue weighted by Crippen LogP contribution is 2.18. The molecule has 2 rings (SSSR count).